The molecule has 3 heteroatoms. The van der Waals surface area contributed by atoms with Crippen molar-refractivity contribution in [3.8, 4) is 5.75 Å². The zero-order valence-corrected chi connectivity index (χ0v) is 11.3. The number of esters is 1. The molecule has 0 saturated heterocycles. The van der Waals surface area contributed by atoms with E-state index in [9.17, 15) is 4.79 Å². The lowest BCUT2D eigenvalue weighted by molar-refractivity contribution is -0.137. The zero-order valence-electron chi connectivity index (χ0n) is 11.3. The molecular formula is C16H18O3. The molecule has 0 atom stereocenters. The molecule has 0 spiro atoms. The molecule has 100 valence electrons. The van der Waals surface area contributed by atoms with Crippen molar-refractivity contribution in [1.29, 1.82) is 0 Å². The number of hydrogen-bond donors (Lipinski definition) is 0. The Hall–Kier alpha value is -2.29. The topological polar surface area (TPSA) is 35.5 Å². The van der Waals surface area contributed by atoms with Gasteiger partial charge in [0.15, 0.2) is 0 Å². The van der Waals surface area contributed by atoms with Crippen molar-refractivity contribution in [1.82, 2.24) is 0 Å². The standard InChI is InChI=1S/C16H18O3/c1-5-13-12(9-11-16(17)19-7-3)8-10-15(18-4)14(13)6-2/h5-6,8-11H,1-2,7H2,3-4H3/b11-9+. The minimum atomic E-state index is -0.367. The molecule has 1 rings (SSSR count). The molecule has 0 heterocycles. The lowest BCUT2D eigenvalue weighted by Crippen LogP contribution is -1.99. The van der Waals surface area contributed by atoms with E-state index in [1.54, 1.807) is 32.3 Å². The first-order valence-electron chi connectivity index (χ1n) is 5.98. The van der Waals surface area contributed by atoms with Gasteiger partial charge in [0.1, 0.15) is 5.75 Å². The van der Waals surface area contributed by atoms with Crippen LogP contribution in [0.2, 0.25) is 0 Å². The Morgan fingerprint density at radius 1 is 1.26 bits per heavy atom. The molecule has 0 fully saturated rings. The molecule has 0 saturated carbocycles. The molecule has 0 aliphatic carbocycles. The predicted octanol–water partition coefficient (Wildman–Crippen LogP) is 3.56. The van der Waals surface area contributed by atoms with Crippen LogP contribution < -0.4 is 4.74 Å². The van der Waals surface area contributed by atoms with Gasteiger partial charge < -0.3 is 9.47 Å². The average molecular weight is 258 g/mol. The van der Waals surface area contributed by atoms with Crippen LogP contribution in [-0.2, 0) is 9.53 Å². The maximum atomic E-state index is 11.3. The van der Waals surface area contributed by atoms with Crippen LogP contribution >= 0.6 is 0 Å². The summed E-state index contributed by atoms with van der Waals surface area (Å²) < 4.78 is 10.1. The Morgan fingerprint density at radius 2 is 1.95 bits per heavy atom. The van der Waals surface area contributed by atoms with Gasteiger partial charge in [-0.2, -0.15) is 0 Å². The number of rotatable bonds is 6. The summed E-state index contributed by atoms with van der Waals surface area (Å²) >= 11 is 0. The molecule has 0 aliphatic rings. The third-order valence-corrected chi connectivity index (χ3v) is 2.59. The van der Waals surface area contributed by atoms with Gasteiger partial charge in [0, 0.05) is 11.6 Å². The molecule has 0 unspecified atom stereocenters. The monoisotopic (exact) mass is 258 g/mol. The third kappa shape index (κ3) is 3.58. The van der Waals surface area contributed by atoms with Gasteiger partial charge in [-0.1, -0.05) is 31.4 Å². The van der Waals surface area contributed by atoms with Gasteiger partial charge >= 0.3 is 5.97 Å². The number of carbonyl (C=O) groups is 1. The Balaban J connectivity index is 3.18. The van der Waals surface area contributed by atoms with E-state index >= 15 is 0 Å². The van der Waals surface area contributed by atoms with E-state index in [0.717, 1.165) is 22.4 Å². The van der Waals surface area contributed by atoms with Crippen molar-refractivity contribution in [2.24, 2.45) is 0 Å². The van der Waals surface area contributed by atoms with Crippen LogP contribution in [0, 0.1) is 0 Å². The summed E-state index contributed by atoms with van der Waals surface area (Å²) in [5, 5.41) is 0. The largest absolute Gasteiger partial charge is 0.496 e. The van der Waals surface area contributed by atoms with Gasteiger partial charge in [0.25, 0.3) is 0 Å². The fourth-order valence-electron chi connectivity index (χ4n) is 1.74. The summed E-state index contributed by atoms with van der Waals surface area (Å²) in [6, 6.07) is 3.69. The highest BCUT2D eigenvalue weighted by molar-refractivity contribution is 5.88. The highest BCUT2D eigenvalue weighted by Gasteiger charge is 2.07. The first kappa shape index (κ1) is 14.8. The maximum absolute atomic E-state index is 11.3. The fourth-order valence-corrected chi connectivity index (χ4v) is 1.74. The van der Waals surface area contributed by atoms with Gasteiger partial charge in [-0.05, 0) is 30.2 Å². The Bertz CT molecular complexity index is 513. The quantitative estimate of drug-likeness (QED) is 0.578. The Morgan fingerprint density at radius 3 is 2.47 bits per heavy atom. The van der Waals surface area contributed by atoms with Gasteiger partial charge in [-0.15, -0.1) is 0 Å². The highest BCUT2D eigenvalue weighted by Crippen LogP contribution is 2.28. The second-order valence-corrected chi connectivity index (χ2v) is 3.68. The second kappa shape index (κ2) is 7.21. The van der Waals surface area contributed by atoms with E-state index in [-0.39, 0.29) is 5.97 Å². The Kier molecular flexibility index (Phi) is 5.61. The van der Waals surface area contributed by atoms with Gasteiger partial charge in [-0.3, -0.25) is 0 Å². The lowest BCUT2D eigenvalue weighted by Gasteiger charge is -2.11. The molecule has 0 radical (unpaired) electrons. The minimum Gasteiger partial charge on any atom is -0.496 e. The summed E-state index contributed by atoms with van der Waals surface area (Å²) in [4.78, 5) is 11.3. The van der Waals surface area contributed by atoms with Gasteiger partial charge in [-0.25, -0.2) is 4.79 Å². The summed E-state index contributed by atoms with van der Waals surface area (Å²) in [6.45, 7) is 9.68. The van der Waals surface area contributed by atoms with E-state index in [4.69, 9.17) is 9.47 Å². The van der Waals surface area contributed by atoms with Crippen LogP contribution in [0.4, 0.5) is 0 Å². The molecule has 0 amide bonds. The zero-order chi connectivity index (χ0) is 14.3. The molecule has 3 nitrogen and oxygen atoms in total. The number of ether oxygens (including phenoxy) is 2. The molecule has 0 bridgehead atoms. The van der Waals surface area contributed by atoms with Crippen LogP contribution in [0.3, 0.4) is 0 Å². The second-order valence-electron chi connectivity index (χ2n) is 3.68. The van der Waals surface area contributed by atoms with Crippen LogP contribution in [-0.4, -0.2) is 19.7 Å². The van der Waals surface area contributed by atoms with Gasteiger partial charge in [0.05, 0.1) is 13.7 Å². The lowest BCUT2D eigenvalue weighted by atomic mass is 9.99. The fraction of sp³-hybridized carbons (Fsp3) is 0.188. The van der Waals surface area contributed by atoms with Crippen molar-refractivity contribution in [2.75, 3.05) is 13.7 Å². The number of methoxy groups -OCH3 is 1. The first-order chi connectivity index (χ1) is 9.17. The summed E-state index contributed by atoms with van der Waals surface area (Å²) in [5.74, 6) is 0.353. The first-order valence-corrected chi connectivity index (χ1v) is 5.98. The average Bonchev–Trinajstić information content (AvgIpc) is 2.43. The third-order valence-electron chi connectivity index (χ3n) is 2.59. The van der Waals surface area contributed by atoms with Crippen LogP contribution in [0.25, 0.3) is 18.2 Å². The van der Waals surface area contributed by atoms with E-state index < -0.39 is 0 Å². The van der Waals surface area contributed by atoms with E-state index in [0.29, 0.717) is 6.61 Å². The van der Waals surface area contributed by atoms with Crippen LogP contribution in [0.1, 0.15) is 23.6 Å². The highest BCUT2D eigenvalue weighted by atomic mass is 16.5. The molecular weight excluding hydrogens is 240 g/mol. The molecule has 0 N–H and O–H groups in total. The maximum Gasteiger partial charge on any atom is 0.330 e. The SMILES string of the molecule is C=Cc1c(/C=C/C(=O)OCC)ccc(OC)c1C=C. The predicted molar refractivity (Wildman–Crippen MR) is 78.8 cm³/mol. The summed E-state index contributed by atoms with van der Waals surface area (Å²) in [6.07, 6.45) is 6.51. The minimum absolute atomic E-state index is 0.359. The molecule has 1 aromatic carbocycles. The molecule has 0 aliphatic heterocycles. The Labute approximate surface area is 113 Å². The van der Waals surface area contributed by atoms with Crippen LogP contribution in [0.5, 0.6) is 5.75 Å². The van der Waals surface area contributed by atoms with Crippen LogP contribution in [0.15, 0.2) is 31.4 Å². The van der Waals surface area contributed by atoms with Crippen molar-refractivity contribution in [3.05, 3.63) is 48.1 Å². The number of carbonyl (C=O) groups excluding carboxylic acids is 1. The smallest absolute Gasteiger partial charge is 0.330 e. The molecule has 19 heavy (non-hydrogen) atoms. The number of benzene rings is 1. The van der Waals surface area contributed by atoms with Crippen molar-refractivity contribution >= 4 is 24.2 Å². The summed E-state index contributed by atoms with van der Waals surface area (Å²) in [5.41, 5.74) is 2.58. The van der Waals surface area contributed by atoms with Crippen molar-refractivity contribution in [3.63, 3.8) is 0 Å². The van der Waals surface area contributed by atoms with Gasteiger partial charge in [0.2, 0.25) is 0 Å². The summed E-state index contributed by atoms with van der Waals surface area (Å²) in [7, 11) is 1.60. The van der Waals surface area contributed by atoms with Crippen molar-refractivity contribution < 1.29 is 14.3 Å². The van der Waals surface area contributed by atoms with Crippen molar-refractivity contribution in [2.45, 2.75) is 6.92 Å². The normalized spacial score (nSPS) is 10.2. The van der Waals surface area contributed by atoms with E-state index in [1.807, 2.05) is 12.1 Å². The number of hydrogen-bond acceptors (Lipinski definition) is 3. The molecule has 1 aromatic rings. The molecule has 0 aromatic heterocycles. The van der Waals surface area contributed by atoms with E-state index in [2.05, 4.69) is 13.2 Å². The van der Waals surface area contributed by atoms with E-state index in [1.165, 1.54) is 6.08 Å².